The summed E-state index contributed by atoms with van der Waals surface area (Å²) in [5, 5.41) is 0. The molecule has 0 amide bonds. The molecular weight excluding hydrogens is 250 g/mol. The van der Waals surface area contributed by atoms with Gasteiger partial charge in [-0.3, -0.25) is 4.90 Å². The molecule has 0 heterocycles. The second-order valence-corrected chi connectivity index (χ2v) is 6.00. The lowest BCUT2D eigenvalue weighted by atomic mass is 10.1. The van der Waals surface area contributed by atoms with Crippen LogP contribution in [0.15, 0.2) is 18.2 Å². The third-order valence-electron chi connectivity index (χ3n) is 3.19. The number of anilines is 1. The first-order valence-corrected chi connectivity index (χ1v) is 7.21. The van der Waals surface area contributed by atoms with E-state index in [0.29, 0.717) is 5.92 Å². The molecule has 0 aromatic heterocycles. The van der Waals surface area contributed by atoms with Crippen LogP contribution in [0.25, 0.3) is 0 Å². The molecule has 4 nitrogen and oxygen atoms in total. The normalized spacial score (nSPS) is 11.6. The minimum absolute atomic E-state index is 0.650. The molecule has 114 valence electrons. The van der Waals surface area contributed by atoms with Gasteiger partial charge in [0.15, 0.2) is 0 Å². The number of nitrogens with two attached hydrogens (primary N) is 1. The second-order valence-electron chi connectivity index (χ2n) is 6.00. The van der Waals surface area contributed by atoms with Crippen LogP contribution in [0.3, 0.4) is 0 Å². The Balaban J connectivity index is 2.77. The van der Waals surface area contributed by atoms with Crippen LogP contribution in [0.1, 0.15) is 19.4 Å². The van der Waals surface area contributed by atoms with Gasteiger partial charge in [-0.2, -0.15) is 0 Å². The number of nitrogen functional groups attached to an aromatic ring is 1. The van der Waals surface area contributed by atoms with Crippen LogP contribution < -0.4 is 10.5 Å². The van der Waals surface area contributed by atoms with E-state index in [9.17, 15) is 0 Å². The summed E-state index contributed by atoms with van der Waals surface area (Å²) >= 11 is 0. The van der Waals surface area contributed by atoms with Gasteiger partial charge >= 0.3 is 0 Å². The molecule has 0 bridgehead atoms. The fourth-order valence-corrected chi connectivity index (χ4v) is 2.23. The fraction of sp³-hybridized carbons (Fsp3) is 0.625. The van der Waals surface area contributed by atoms with Gasteiger partial charge in [0.05, 0.1) is 7.11 Å². The maximum Gasteiger partial charge on any atom is 0.125 e. The first-order valence-electron chi connectivity index (χ1n) is 7.21. The lowest BCUT2D eigenvalue weighted by Gasteiger charge is -2.26. The summed E-state index contributed by atoms with van der Waals surface area (Å²) in [6.45, 7) is 8.60. The van der Waals surface area contributed by atoms with Crippen LogP contribution in [0.4, 0.5) is 5.69 Å². The largest absolute Gasteiger partial charge is 0.496 e. The number of nitrogens with zero attached hydrogens (tertiary/aromatic N) is 2. The summed E-state index contributed by atoms with van der Waals surface area (Å²) in [5.74, 6) is 1.53. The Hall–Kier alpha value is -1.26. The van der Waals surface area contributed by atoms with Gasteiger partial charge in [0.25, 0.3) is 0 Å². The molecule has 20 heavy (non-hydrogen) atoms. The quantitative estimate of drug-likeness (QED) is 0.741. The maximum atomic E-state index is 5.81. The molecular formula is C16H29N3O. The van der Waals surface area contributed by atoms with Gasteiger partial charge in [-0.25, -0.2) is 0 Å². The number of methoxy groups -OCH3 is 1. The molecule has 1 aromatic carbocycles. The van der Waals surface area contributed by atoms with E-state index in [1.807, 2.05) is 12.1 Å². The molecule has 0 unspecified atom stereocenters. The van der Waals surface area contributed by atoms with E-state index in [-0.39, 0.29) is 0 Å². The average molecular weight is 279 g/mol. The van der Waals surface area contributed by atoms with Crippen molar-refractivity contribution in [2.75, 3.05) is 46.6 Å². The average Bonchev–Trinajstić information content (AvgIpc) is 2.37. The molecule has 4 heteroatoms. The Labute approximate surface area is 123 Å². The Bertz CT molecular complexity index is 405. The van der Waals surface area contributed by atoms with E-state index in [4.69, 9.17) is 10.5 Å². The Morgan fingerprint density at radius 3 is 2.45 bits per heavy atom. The molecule has 0 saturated heterocycles. The molecule has 1 aromatic rings. The zero-order chi connectivity index (χ0) is 15.1. The van der Waals surface area contributed by atoms with Crippen LogP contribution in [0, 0.1) is 5.92 Å². The van der Waals surface area contributed by atoms with Gasteiger partial charge in [-0.1, -0.05) is 19.9 Å². The molecule has 0 aliphatic rings. The summed E-state index contributed by atoms with van der Waals surface area (Å²) in [4.78, 5) is 4.69. The Morgan fingerprint density at radius 2 is 1.90 bits per heavy atom. The molecule has 0 aliphatic carbocycles. The molecule has 0 radical (unpaired) electrons. The highest BCUT2D eigenvalue weighted by Gasteiger charge is 2.12. The van der Waals surface area contributed by atoms with E-state index in [0.717, 1.165) is 37.6 Å². The molecule has 0 atom stereocenters. The van der Waals surface area contributed by atoms with Gasteiger partial charge in [-0.05, 0) is 26.1 Å². The van der Waals surface area contributed by atoms with Gasteiger partial charge in [-0.15, -0.1) is 0 Å². The Kier molecular flexibility index (Phi) is 6.82. The minimum Gasteiger partial charge on any atom is -0.496 e. The lowest BCUT2D eigenvalue weighted by molar-refractivity contribution is 0.209. The minimum atomic E-state index is 0.650. The van der Waals surface area contributed by atoms with E-state index < -0.39 is 0 Å². The lowest BCUT2D eigenvalue weighted by Crippen LogP contribution is -2.34. The van der Waals surface area contributed by atoms with Crippen LogP contribution in [-0.4, -0.2) is 50.6 Å². The monoisotopic (exact) mass is 279 g/mol. The molecule has 0 fully saturated rings. The third kappa shape index (κ3) is 5.80. The predicted molar refractivity (Wildman–Crippen MR) is 86.1 cm³/mol. The Morgan fingerprint density at radius 1 is 1.20 bits per heavy atom. The predicted octanol–water partition coefficient (Wildman–Crippen LogP) is 2.30. The molecule has 0 aliphatic heterocycles. The molecule has 2 N–H and O–H groups in total. The summed E-state index contributed by atoms with van der Waals surface area (Å²) in [6, 6.07) is 5.91. The van der Waals surface area contributed by atoms with Crippen molar-refractivity contribution in [3.05, 3.63) is 23.8 Å². The van der Waals surface area contributed by atoms with E-state index >= 15 is 0 Å². The van der Waals surface area contributed by atoms with Crippen molar-refractivity contribution in [3.63, 3.8) is 0 Å². The highest BCUT2D eigenvalue weighted by Crippen LogP contribution is 2.23. The summed E-state index contributed by atoms with van der Waals surface area (Å²) in [6.07, 6.45) is 0. The third-order valence-corrected chi connectivity index (χ3v) is 3.19. The number of likely N-dealkylation sites (N-methyl/N-ethyl adjacent to an activating group) is 1. The summed E-state index contributed by atoms with van der Waals surface area (Å²) in [5.41, 5.74) is 7.75. The fourth-order valence-electron chi connectivity index (χ4n) is 2.23. The number of rotatable bonds is 8. The van der Waals surface area contributed by atoms with Crippen molar-refractivity contribution >= 4 is 5.69 Å². The first-order chi connectivity index (χ1) is 9.42. The topological polar surface area (TPSA) is 41.7 Å². The van der Waals surface area contributed by atoms with Gasteiger partial charge < -0.3 is 15.4 Å². The van der Waals surface area contributed by atoms with Gasteiger partial charge in [0.2, 0.25) is 0 Å². The maximum absolute atomic E-state index is 5.81. The van der Waals surface area contributed by atoms with Crippen LogP contribution in [0.2, 0.25) is 0 Å². The van der Waals surface area contributed by atoms with Crippen LogP contribution in [0.5, 0.6) is 5.75 Å². The van der Waals surface area contributed by atoms with E-state index in [1.54, 1.807) is 7.11 Å². The highest BCUT2D eigenvalue weighted by molar-refractivity contribution is 5.48. The number of hydrogen-bond acceptors (Lipinski definition) is 4. The molecule has 0 spiro atoms. The SMILES string of the molecule is COc1cc(N)ccc1CN(CCN(C)C)CC(C)C. The smallest absolute Gasteiger partial charge is 0.125 e. The van der Waals surface area contributed by atoms with Crippen molar-refractivity contribution < 1.29 is 4.74 Å². The molecule has 1 rings (SSSR count). The van der Waals surface area contributed by atoms with Crippen LogP contribution >= 0.6 is 0 Å². The van der Waals surface area contributed by atoms with Crippen molar-refractivity contribution in [3.8, 4) is 5.75 Å². The van der Waals surface area contributed by atoms with Gasteiger partial charge in [0.1, 0.15) is 5.75 Å². The number of ether oxygens (including phenoxy) is 1. The summed E-state index contributed by atoms with van der Waals surface area (Å²) in [7, 11) is 5.92. The zero-order valence-electron chi connectivity index (χ0n) is 13.5. The van der Waals surface area contributed by atoms with E-state index in [2.05, 4.69) is 43.8 Å². The highest BCUT2D eigenvalue weighted by atomic mass is 16.5. The van der Waals surface area contributed by atoms with Gasteiger partial charge in [0, 0.05) is 43.5 Å². The summed E-state index contributed by atoms with van der Waals surface area (Å²) < 4.78 is 5.44. The van der Waals surface area contributed by atoms with Crippen molar-refractivity contribution in [2.24, 2.45) is 5.92 Å². The number of hydrogen-bond donors (Lipinski definition) is 1. The van der Waals surface area contributed by atoms with E-state index in [1.165, 1.54) is 5.56 Å². The van der Waals surface area contributed by atoms with Crippen LogP contribution in [-0.2, 0) is 6.54 Å². The van der Waals surface area contributed by atoms with Crippen molar-refractivity contribution in [2.45, 2.75) is 20.4 Å². The standard InChI is InChI=1S/C16H29N3O/c1-13(2)11-19(9-8-18(3)4)12-14-6-7-15(17)10-16(14)20-5/h6-7,10,13H,8-9,11-12,17H2,1-5H3. The molecule has 0 saturated carbocycles. The van der Waals surface area contributed by atoms with Crippen molar-refractivity contribution in [1.29, 1.82) is 0 Å². The number of benzene rings is 1. The first kappa shape index (κ1) is 16.8. The zero-order valence-corrected chi connectivity index (χ0v) is 13.5. The van der Waals surface area contributed by atoms with Crippen molar-refractivity contribution in [1.82, 2.24) is 9.80 Å². The second kappa shape index (κ2) is 8.12.